The minimum absolute atomic E-state index is 0.781. The smallest absolute Gasteiger partial charge is 0.122 e. The zero-order chi connectivity index (χ0) is 14.5. The van der Waals surface area contributed by atoms with Gasteiger partial charge in [0.15, 0.2) is 0 Å². The molecule has 0 unspecified atom stereocenters. The number of nitrogens with zero attached hydrogens (tertiary/aromatic N) is 1. The number of fused-ring (bicyclic) bond motifs is 1. The predicted molar refractivity (Wildman–Crippen MR) is 87.1 cm³/mol. The Kier molecular flexibility index (Phi) is 5.15. The minimum atomic E-state index is 0.781. The summed E-state index contributed by atoms with van der Waals surface area (Å²) in [5, 5.41) is 3.47. The van der Waals surface area contributed by atoms with Crippen LogP contribution in [0.2, 0.25) is 0 Å². The molecule has 0 atom stereocenters. The molecule has 2 heterocycles. The summed E-state index contributed by atoms with van der Waals surface area (Å²) in [5.74, 6) is 1.10. The standard InChI is InChI=1S/C18H28N2O/c1-2-11-20(17-5-9-19-10-6-17)12-7-15-3-4-18-16(14-15)8-13-21-18/h3-4,14,17,19H,2,5-13H2,1H3. The molecular formula is C18H28N2O. The van der Waals surface area contributed by atoms with Crippen molar-refractivity contribution in [2.45, 2.75) is 45.1 Å². The Labute approximate surface area is 128 Å². The van der Waals surface area contributed by atoms with Crippen LogP contribution in [-0.4, -0.2) is 43.7 Å². The second-order valence-electron chi connectivity index (χ2n) is 6.31. The summed E-state index contributed by atoms with van der Waals surface area (Å²) in [7, 11) is 0. The fraction of sp³-hybridized carbons (Fsp3) is 0.667. The van der Waals surface area contributed by atoms with E-state index in [1.54, 1.807) is 0 Å². The second-order valence-corrected chi connectivity index (χ2v) is 6.31. The molecule has 0 radical (unpaired) electrons. The van der Waals surface area contributed by atoms with Crippen LogP contribution in [0.1, 0.15) is 37.3 Å². The van der Waals surface area contributed by atoms with Gasteiger partial charge in [0, 0.05) is 19.0 Å². The van der Waals surface area contributed by atoms with E-state index in [-0.39, 0.29) is 0 Å². The van der Waals surface area contributed by atoms with E-state index < -0.39 is 0 Å². The summed E-state index contributed by atoms with van der Waals surface area (Å²) < 4.78 is 5.60. The average molecular weight is 288 g/mol. The highest BCUT2D eigenvalue weighted by atomic mass is 16.5. The highest BCUT2D eigenvalue weighted by molar-refractivity contribution is 5.39. The zero-order valence-corrected chi connectivity index (χ0v) is 13.2. The third kappa shape index (κ3) is 3.78. The number of hydrogen-bond acceptors (Lipinski definition) is 3. The van der Waals surface area contributed by atoms with Gasteiger partial charge in [-0.1, -0.05) is 19.1 Å². The molecule has 0 aromatic heterocycles. The Morgan fingerprint density at radius 1 is 1.24 bits per heavy atom. The lowest BCUT2D eigenvalue weighted by Gasteiger charge is -2.34. The van der Waals surface area contributed by atoms with Crippen LogP contribution in [0.25, 0.3) is 0 Å². The average Bonchev–Trinajstić information content (AvgIpc) is 3.00. The summed E-state index contributed by atoms with van der Waals surface area (Å²) in [6, 6.07) is 7.54. The number of piperidine rings is 1. The third-order valence-corrected chi connectivity index (χ3v) is 4.78. The van der Waals surface area contributed by atoms with Gasteiger partial charge in [0.1, 0.15) is 5.75 Å². The van der Waals surface area contributed by atoms with Crippen molar-refractivity contribution in [1.29, 1.82) is 0 Å². The fourth-order valence-corrected chi connectivity index (χ4v) is 3.60. The van der Waals surface area contributed by atoms with Crippen LogP contribution in [0.4, 0.5) is 0 Å². The highest BCUT2D eigenvalue weighted by Crippen LogP contribution is 2.26. The molecule has 1 fully saturated rings. The van der Waals surface area contributed by atoms with Crippen molar-refractivity contribution >= 4 is 0 Å². The molecule has 21 heavy (non-hydrogen) atoms. The van der Waals surface area contributed by atoms with Crippen LogP contribution in [-0.2, 0) is 12.8 Å². The molecule has 1 saturated heterocycles. The van der Waals surface area contributed by atoms with Gasteiger partial charge in [0.25, 0.3) is 0 Å². The van der Waals surface area contributed by atoms with Crippen molar-refractivity contribution in [2.24, 2.45) is 0 Å². The minimum Gasteiger partial charge on any atom is -0.493 e. The highest BCUT2D eigenvalue weighted by Gasteiger charge is 2.20. The van der Waals surface area contributed by atoms with Crippen LogP contribution in [0.5, 0.6) is 5.75 Å². The lowest BCUT2D eigenvalue weighted by atomic mass is 10.0. The van der Waals surface area contributed by atoms with E-state index in [2.05, 4.69) is 35.3 Å². The molecule has 1 aromatic carbocycles. The molecule has 0 aliphatic carbocycles. The van der Waals surface area contributed by atoms with Gasteiger partial charge in [-0.15, -0.1) is 0 Å². The molecule has 0 spiro atoms. The van der Waals surface area contributed by atoms with Crippen LogP contribution in [0, 0.1) is 0 Å². The molecule has 3 nitrogen and oxygen atoms in total. The number of hydrogen-bond donors (Lipinski definition) is 1. The largest absolute Gasteiger partial charge is 0.493 e. The maximum absolute atomic E-state index is 5.60. The lowest BCUT2D eigenvalue weighted by Crippen LogP contribution is -2.44. The van der Waals surface area contributed by atoms with Crippen molar-refractivity contribution in [2.75, 3.05) is 32.8 Å². The van der Waals surface area contributed by atoms with Crippen molar-refractivity contribution < 1.29 is 4.74 Å². The van der Waals surface area contributed by atoms with E-state index in [9.17, 15) is 0 Å². The predicted octanol–water partition coefficient (Wildman–Crippen LogP) is 2.63. The number of rotatable bonds is 6. The molecule has 0 amide bonds. The van der Waals surface area contributed by atoms with Crippen LogP contribution < -0.4 is 10.1 Å². The van der Waals surface area contributed by atoms with Gasteiger partial charge in [-0.3, -0.25) is 4.90 Å². The topological polar surface area (TPSA) is 24.5 Å². The summed E-state index contributed by atoms with van der Waals surface area (Å²) in [5.41, 5.74) is 2.87. The Bertz CT molecular complexity index is 455. The molecule has 1 N–H and O–H groups in total. The summed E-state index contributed by atoms with van der Waals surface area (Å²) in [6.07, 6.45) is 6.10. The molecule has 3 rings (SSSR count). The number of ether oxygens (including phenoxy) is 1. The molecule has 2 aliphatic rings. The zero-order valence-electron chi connectivity index (χ0n) is 13.2. The van der Waals surface area contributed by atoms with Gasteiger partial charge in [0.05, 0.1) is 6.61 Å². The first-order chi connectivity index (χ1) is 10.4. The molecule has 1 aromatic rings. The maximum Gasteiger partial charge on any atom is 0.122 e. The quantitative estimate of drug-likeness (QED) is 0.871. The van der Waals surface area contributed by atoms with Crippen molar-refractivity contribution in [3.8, 4) is 5.75 Å². The van der Waals surface area contributed by atoms with Gasteiger partial charge in [-0.2, -0.15) is 0 Å². The fourth-order valence-electron chi connectivity index (χ4n) is 3.60. The Balaban J connectivity index is 1.58. The molecule has 2 aliphatic heterocycles. The molecular weight excluding hydrogens is 260 g/mol. The normalized spacial score (nSPS) is 18.8. The second kappa shape index (κ2) is 7.28. The summed E-state index contributed by atoms with van der Waals surface area (Å²) in [4.78, 5) is 2.71. The van der Waals surface area contributed by atoms with Gasteiger partial charge < -0.3 is 10.1 Å². The first-order valence-corrected chi connectivity index (χ1v) is 8.56. The van der Waals surface area contributed by atoms with Crippen molar-refractivity contribution in [3.63, 3.8) is 0 Å². The van der Waals surface area contributed by atoms with Crippen molar-refractivity contribution in [3.05, 3.63) is 29.3 Å². The van der Waals surface area contributed by atoms with E-state index in [4.69, 9.17) is 4.74 Å². The van der Waals surface area contributed by atoms with E-state index in [1.165, 1.54) is 56.6 Å². The van der Waals surface area contributed by atoms with Crippen LogP contribution in [0.15, 0.2) is 18.2 Å². The Morgan fingerprint density at radius 3 is 2.90 bits per heavy atom. The van der Waals surface area contributed by atoms with E-state index >= 15 is 0 Å². The Morgan fingerprint density at radius 2 is 2.10 bits per heavy atom. The maximum atomic E-state index is 5.60. The van der Waals surface area contributed by atoms with E-state index in [0.29, 0.717) is 0 Å². The number of benzene rings is 1. The molecule has 3 heteroatoms. The number of nitrogens with one attached hydrogen (secondary N) is 1. The summed E-state index contributed by atoms with van der Waals surface area (Å²) in [6.45, 7) is 7.94. The first kappa shape index (κ1) is 14.9. The molecule has 116 valence electrons. The SMILES string of the molecule is CCCN(CCc1ccc2c(c1)CCO2)C1CCNCC1. The monoisotopic (exact) mass is 288 g/mol. The Hall–Kier alpha value is -1.06. The first-order valence-electron chi connectivity index (χ1n) is 8.56. The van der Waals surface area contributed by atoms with Gasteiger partial charge in [-0.05, 0) is 62.5 Å². The molecule has 0 bridgehead atoms. The molecule has 0 saturated carbocycles. The van der Waals surface area contributed by atoms with Gasteiger partial charge >= 0.3 is 0 Å². The van der Waals surface area contributed by atoms with Gasteiger partial charge in [0.2, 0.25) is 0 Å². The van der Waals surface area contributed by atoms with Gasteiger partial charge in [-0.25, -0.2) is 0 Å². The summed E-state index contributed by atoms with van der Waals surface area (Å²) >= 11 is 0. The van der Waals surface area contributed by atoms with Crippen LogP contribution >= 0.6 is 0 Å². The van der Waals surface area contributed by atoms with E-state index in [1.807, 2.05) is 0 Å². The third-order valence-electron chi connectivity index (χ3n) is 4.78. The van der Waals surface area contributed by atoms with E-state index in [0.717, 1.165) is 31.2 Å². The van der Waals surface area contributed by atoms with Crippen LogP contribution in [0.3, 0.4) is 0 Å². The van der Waals surface area contributed by atoms with Crippen molar-refractivity contribution in [1.82, 2.24) is 10.2 Å². The lowest BCUT2D eigenvalue weighted by molar-refractivity contribution is 0.164.